The number of aromatic nitrogens is 3. The van der Waals surface area contributed by atoms with Crippen LogP contribution in [0, 0.1) is 15.9 Å². The molecule has 1 aromatic heterocycles. The number of nitro benzene ring substituents is 1. The summed E-state index contributed by atoms with van der Waals surface area (Å²) in [5.41, 5.74) is 1.93. The van der Waals surface area contributed by atoms with Gasteiger partial charge in [-0.1, -0.05) is 37.2 Å². The summed E-state index contributed by atoms with van der Waals surface area (Å²) in [6.45, 7) is 4.51. The summed E-state index contributed by atoms with van der Waals surface area (Å²) in [5, 5.41) is 23.3. The van der Waals surface area contributed by atoms with Crippen LogP contribution in [0.25, 0.3) is 5.69 Å². The SMILES string of the molecule is CCCCOc1ccc(C(=O)NC(C)c2nnc(SCc3ccc(F)cc3)n2-c2ccc([N+](=O)[O-])cc2)cc1. The van der Waals surface area contributed by atoms with Crippen molar-refractivity contribution < 1.29 is 18.8 Å². The van der Waals surface area contributed by atoms with Crippen molar-refractivity contribution in [3.05, 3.63) is 106 Å². The molecule has 4 rings (SSSR count). The Morgan fingerprint density at radius 1 is 1.08 bits per heavy atom. The number of carbonyl (C=O) groups excluding carboxylic acids is 1. The van der Waals surface area contributed by atoms with Crippen molar-refractivity contribution in [2.45, 2.75) is 43.6 Å². The van der Waals surface area contributed by atoms with Crippen molar-refractivity contribution in [3.63, 3.8) is 0 Å². The van der Waals surface area contributed by atoms with E-state index in [4.69, 9.17) is 4.74 Å². The van der Waals surface area contributed by atoms with Crippen molar-refractivity contribution >= 4 is 23.4 Å². The van der Waals surface area contributed by atoms with E-state index in [1.54, 1.807) is 60.0 Å². The van der Waals surface area contributed by atoms with Crippen LogP contribution in [0.4, 0.5) is 10.1 Å². The Labute approximate surface area is 229 Å². The van der Waals surface area contributed by atoms with Crippen LogP contribution < -0.4 is 10.1 Å². The molecule has 0 saturated carbocycles. The summed E-state index contributed by atoms with van der Waals surface area (Å²) in [7, 11) is 0. The molecule has 9 nitrogen and oxygen atoms in total. The van der Waals surface area contributed by atoms with E-state index in [1.165, 1.54) is 36.0 Å². The zero-order valence-electron chi connectivity index (χ0n) is 21.5. The zero-order chi connectivity index (χ0) is 27.8. The molecule has 1 amide bonds. The number of nitrogens with one attached hydrogen (secondary N) is 1. The van der Waals surface area contributed by atoms with Gasteiger partial charge in [-0.25, -0.2) is 4.39 Å². The van der Waals surface area contributed by atoms with Gasteiger partial charge in [-0.3, -0.25) is 19.5 Å². The van der Waals surface area contributed by atoms with Gasteiger partial charge in [0, 0.05) is 29.1 Å². The van der Waals surface area contributed by atoms with Gasteiger partial charge < -0.3 is 10.1 Å². The van der Waals surface area contributed by atoms with E-state index in [0.29, 0.717) is 40.3 Å². The largest absolute Gasteiger partial charge is 0.494 e. The molecule has 3 aromatic carbocycles. The first-order valence-corrected chi connectivity index (χ1v) is 13.5. The molecule has 4 aromatic rings. The van der Waals surface area contributed by atoms with Gasteiger partial charge in [0.15, 0.2) is 11.0 Å². The number of hydrogen-bond acceptors (Lipinski definition) is 7. The number of nitro groups is 1. The highest BCUT2D eigenvalue weighted by molar-refractivity contribution is 7.98. The van der Waals surface area contributed by atoms with Crippen LogP contribution in [-0.2, 0) is 5.75 Å². The molecule has 0 fully saturated rings. The van der Waals surface area contributed by atoms with E-state index in [2.05, 4.69) is 22.4 Å². The molecule has 0 aliphatic rings. The molecule has 0 bridgehead atoms. The Hall–Kier alpha value is -4.25. The molecule has 0 aliphatic heterocycles. The third-order valence-electron chi connectivity index (χ3n) is 5.88. The quantitative estimate of drug-likeness (QED) is 0.0958. The molecule has 39 heavy (non-hydrogen) atoms. The fourth-order valence-electron chi connectivity index (χ4n) is 3.73. The number of ether oxygens (including phenoxy) is 1. The summed E-state index contributed by atoms with van der Waals surface area (Å²) in [4.78, 5) is 23.7. The molecule has 0 spiro atoms. The van der Waals surface area contributed by atoms with Crippen molar-refractivity contribution in [1.29, 1.82) is 0 Å². The smallest absolute Gasteiger partial charge is 0.269 e. The van der Waals surface area contributed by atoms with Crippen molar-refractivity contribution in [3.8, 4) is 11.4 Å². The van der Waals surface area contributed by atoms with Gasteiger partial charge in [0.1, 0.15) is 11.6 Å². The number of amides is 1. The lowest BCUT2D eigenvalue weighted by Crippen LogP contribution is -2.28. The molecule has 1 atom stereocenters. The molecule has 0 radical (unpaired) electrons. The van der Waals surface area contributed by atoms with Crippen LogP contribution in [-0.4, -0.2) is 32.2 Å². The molecule has 0 saturated heterocycles. The van der Waals surface area contributed by atoms with Crippen LogP contribution >= 0.6 is 11.8 Å². The zero-order valence-corrected chi connectivity index (χ0v) is 22.4. The van der Waals surface area contributed by atoms with Crippen molar-refractivity contribution in [2.75, 3.05) is 6.61 Å². The number of benzene rings is 3. The van der Waals surface area contributed by atoms with Gasteiger partial charge in [0.25, 0.3) is 11.6 Å². The van der Waals surface area contributed by atoms with Crippen LogP contribution in [0.5, 0.6) is 5.75 Å². The second-order valence-electron chi connectivity index (χ2n) is 8.79. The number of unbranched alkanes of at least 4 members (excludes halogenated alkanes) is 1. The minimum atomic E-state index is -0.541. The monoisotopic (exact) mass is 549 g/mol. The summed E-state index contributed by atoms with van der Waals surface area (Å²) < 4.78 is 20.7. The first-order valence-electron chi connectivity index (χ1n) is 12.5. The Bertz CT molecular complexity index is 1410. The highest BCUT2D eigenvalue weighted by atomic mass is 32.2. The van der Waals surface area contributed by atoms with Gasteiger partial charge in [0.2, 0.25) is 0 Å². The minimum absolute atomic E-state index is 0.0441. The fraction of sp³-hybridized carbons (Fsp3) is 0.250. The van der Waals surface area contributed by atoms with E-state index in [9.17, 15) is 19.3 Å². The Morgan fingerprint density at radius 3 is 2.41 bits per heavy atom. The highest BCUT2D eigenvalue weighted by Crippen LogP contribution is 2.29. The number of hydrogen-bond donors (Lipinski definition) is 1. The average Bonchev–Trinajstić information content (AvgIpc) is 3.37. The predicted molar refractivity (Wildman–Crippen MR) is 147 cm³/mol. The van der Waals surface area contributed by atoms with E-state index in [1.807, 2.05) is 0 Å². The summed E-state index contributed by atoms with van der Waals surface area (Å²) >= 11 is 1.38. The van der Waals surface area contributed by atoms with Gasteiger partial charge in [-0.15, -0.1) is 10.2 Å². The Kier molecular flexibility index (Phi) is 9.27. The molecule has 1 N–H and O–H groups in total. The molecular weight excluding hydrogens is 521 g/mol. The lowest BCUT2D eigenvalue weighted by atomic mass is 10.2. The molecule has 1 unspecified atom stereocenters. The average molecular weight is 550 g/mol. The van der Waals surface area contributed by atoms with Gasteiger partial charge >= 0.3 is 0 Å². The van der Waals surface area contributed by atoms with E-state index in [0.717, 1.165) is 18.4 Å². The Morgan fingerprint density at radius 2 is 1.77 bits per heavy atom. The van der Waals surface area contributed by atoms with Crippen molar-refractivity contribution in [2.24, 2.45) is 0 Å². The van der Waals surface area contributed by atoms with E-state index >= 15 is 0 Å². The maximum absolute atomic E-state index is 13.3. The van der Waals surface area contributed by atoms with Crippen LogP contribution in [0.15, 0.2) is 78.0 Å². The summed E-state index contributed by atoms with van der Waals surface area (Å²) in [5.74, 6) is 1.05. The predicted octanol–water partition coefficient (Wildman–Crippen LogP) is 6.28. The summed E-state index contributed by atoms with van der Waals surface area (Å²) in [6.07, 6.45) is 1.99. The van der Waals surface area contributed by atoms with Gasteiger partial charge in [0.05, 0.1) is 17.6 Å². The van der Waals surface area contributed by atoms with Gasteiger partial charge in [-0.05, 0) is 67.4 Å². The standard InChI is InChI=1S/C28H28FN5O4S/c1-3-4-17-38-25-15-7-21(8-16-25)27(35)30-19(2)26-31-32-28(39-18-20-5-9-22(29)10-6-20)33(26)23-11-13-24(14-12-23)34(36)37/h5-16,19H,3-4,17-18H2,1-2H3,(H,30,35). The first kappa shape index (κ1) is 27.8. The lowest BCUT2D eigenvalue weighted by Gasteiger charge is -2.16. The van der Waals surface area contributed by atoms with Gasteiger partial charge in [-0.2, -0.15) is 0 Å². The van der Waals surface area contributed by atoms with Crippen LogP contribution in [0.3, 0.4) is 0 Å². The molecule has 1 heterocycles. The second kappa shape index (κ2) is 13.0. The normalized spacial score (nSPS) is 11.7. The number of rotatable bonds is 12. The molecular formula is C28H28FN5O4S. The van der Waals surface area contributed by atoms with Crippen LogP contribution in [0.1, 0.15) is 54.5 Å². The topological polar surface area (TPSA) is 112 Å². The third-order valence-corrected chi connectivity index (χ3v) is 6.88. The van der Waals surface area contributed by atoms with E-state index in [-0.39, 0.29) is 17.4 Å². The maximum Gasteiger partial charge on any atom is 0.269 e. The van der Waals surface area contributed by atoms with Crippen molar-refractivity contribution in [1.82, 2.24) is 20.1 Å². The maximum atomic E-state index is 13.3. The number of non-ortho nitro benzene ring substituents is 1. The molecule has 202 valence electrons. The number of nitrogens with zero attached hydrogens (tertiary/aromatic N) is 4. The summed E-state index contributed by atoms with van der Waals surface area (Å²) in [6, 6.07) is 18.6. The number of carbonyl (C=O) groups is 1. The fourth-order valence-corrected chi connectivity index (χ4v) is 4.65. The minimum Gasteiger partial charge on any atom is -0.494 e. The Balaban J connectivity index is 1.55. The van der Waals surface area contributed by atoms with E-state index < -0.39 is 11.0 Å². The van der Waals surface area contributed by atoms with Crippen LogP contribution in [0.2, 0.25) is 0 Å². The lowest BCUT2D eigenvalue weighted by molar-refractivity contribution is -0.384. The first-order chi connectivity index (χ1) is 18.9. The highest BCUT2D eigenvalue weighted by Gasteiger charge is 2.22. The third kappa shape index (κ3) is 7.20. The molecule has 0 aliphatic carbocycles. The number of halogens is 1. The molecule has 11 heteroatoms. The second-order valence-corrected chi connectivity index (χ2v) is 9.73. The number of thioether (sulfide) groups is 1.